The third kappa shape index (κ3) is 5.50. The van der Waals surface area contributed by atoms with Gasteiger partial charge in [-0.05, 0) is 37.1 Å². The van der Waals surface area contributed by atoms with Gasteiger partial charge in [-0.1, -0.05) is 54.2 Å². The van der Waals surface area contributed by atoms with Gasteiger partial charge in [-0.2, -0.15) is 9.41 Å². The lowest BCUT2D eigenvalue weighted by atomic mass is 10.2. The van der Waals surface area contributed by atoms with Crippen LogP contribution in [0.1, 0.15) is 31.2 Å². The highest BCUT2D eigenvalue weighted by Gasteiger charge is 2.25. The van der Waals surface area contributed by atoms with E-state index in [1.54, 1.807) is 53.0 Å². The van der Waals surface area contributed by atoms with Gasteiger partial charge in [0.1, 0.15) is 0 Å². The summed E-state index contributed by atoms with van der Waals surface area (Å²) in [7, 11) is -3.46. The average molecular weight is 509 g/mol. The molecule has 32 heavy (non-hydrogen) atoms. The first-order chi connectivity index (χ1) is 15.4. The van der Waals surface area contributed by atoms with Crippen LogP contribution in [0.15, 0.2) is 57.8 Å². The zero-order chi connectivity index (χ0) is 22.6. The number of nitrogens with one attached hydrogen (secondary N) is 1. The molecule has 2 heterocycles. The maximum atomic E-state index is 12.9. The maximum Gasteiger partial charge on any atom is 0.243 e. The van der Waals surface area contributed by atoms with Gasteiger partial charge in [-0.25, -0.2) is 13.4 Å². The largest absolute Gasteiger partial charge is 0.253 e. The molecule has 3 aromatic rings. The minimum atomic E-state index is -3.46. The lowest BCUT2D eigenvalue weighted by molar-refractivity contribution is 0.424. The first-order valence-electron chi connectivity index (χ1n) is 10.2. The molecule has 1 fully saturated rings. The molecule has 1 aliphatic heterocycles. The zero-order valence-electron chi connectivity index (χ0n) is 17.2. The fourth-order valence-corrected chi connectivity index (χ4v) is 6.09. The van der Waals surface area contributed by atoms with Crippen LogP contribution in [0, 0.1) is 0 Å². The molecule has 0 amide bonds. The Morgan fingerprint density at radius 2 is 1.75 bits per heavy atom. The minimum absolute atomic E-state index is 0.321. The van der Waals surface area contributed by atoms with Crippen LogP contribution in [0.25, 0.3) is 11.3 Å². The fourth-order valence-electron chi connectivity index (χ4n) is 3.45. The normalized spacial score (nSPS) is 15.7. The van der Waals surface area contributed by atoms with Crippen molar-refractivity contribution in [2.75, 3.05) is 18.5 Å². The summed E-state index contributed by atoms with van der Waals surface area (Å²) in [4.78, 5) is 4.84. The molecular formula is C22H22Cl2N4O2S2. The first kappa shape index (κ1) is 23.2. The Labute approximate surface area is 201 Å². The van der Waals surface area contributed by atoms with Crippen molar-refractivity contribution in [3.05, 3.63) is 63.5 Å². The summed E-state index contributed by atoms with van der Waals surface area (Å²) < 4.78 is 27.5. The van der Waals surface area contributed by atoms with Gasteiger partial charge in [0.25, 0.3) is 0 Å². The van der Waals surface area contributed by atoms with Gasteiger partial charge in [-0.3, -0.25) is 5.43 Å². The molecule has 1 aromatic heterocycles. The SMILES string of the molecule is O=S(=O)(c1ccc(-c2csc(N/N=C/c3ccc(Cl)cc3Cl)n2)cc1)N1CCCCCC1. The standard InChI is InChI=1S/C22H22Cl2N4O2S2/c23-18-8-5-17(20(24)13-18)14-25-27-22-26-21(15-31-22)16-6-9-19(10-7-16)32(29,30)28-11-3-1-2-4-12-28/h5-10,13-15H,1-4,11-12H2,(H,26,27)/b25-14+. The Balaban J connectivity index is 1.43. The van der Waals surface area contributed by atoms with E-state index in [1.165, 1.54) is 11.3 Å². The van der Waals surface area contributed by atoms with Crippen molar-refractivity contribution >= 4 is 55.9 Å². The lowest BCUT2D eigenvalue weighted by Crippen LogP contribution is -2.31. The van der Waals surface area contributed by atoms with Gasteiger partial charge < -0.3 is 0 Å². The van der Waals surface area contributed by atoms with Crippen molar-refractivity contribution in [1.29, 1.82) is 0 Å². The van der Waals surface area contributed by atoms with E-state index in [4.69, 9.17) is 23.2 Å². The molecule has 1 saturated heterocycles. The lowest BCUT2D eigenvalue weighted by Gasteiger charge is -2.19. The molecule has 1 N–H and O–H groups in total. The number of hydrogen-bond donors (Lipinski definition) is 1. The van der Waals surface area contributed by atoms with Crippen LogP contribution in [0.2, 0.25) is 10.0 Å². The topological polar surface area (TPSA) is 74.7 Å². The predicted octanol–water partition coefficient (Wildman–Crippen LogP) is 6.13. The van der Waals surface area contributed by atoms with E-state index in [2.05, 4.69) is 15.5 Å². The molecule has 0 atom stereocenters. The van der Waals surface area contributed by atoms with Crippen LogP contribution in [0.3, 0.4) is 0 Å². The van der Waals surface area contributed by atoms with Gasteiger partial charge in [-0.15, -0.1) is 11.3 Å². The molecule has 10 heteroatoms. The van der Waals surface area contributed by atoms with E-state index < -0.39 is 10.0 Å². The first-order valence-corrected chi connectivity index (χ1v) is 13.3. The van der Waals surface area contributed by atoms with Crippen molar-refractivity contribution < 1.29 is 8.42 Å². The number of aromatic nitrogens is 1. The van der Waals surface area contributed by atoms with Gasteiger partial charge in [0.15, 0.2) is 0 Å². The molecule has 0 unspecified atom stereocenters. The predicted molar refractivity (Wildman–Crippen MR) is 132 cm³/mol. The van der Waals surface area contributed by atoms with Gasteiger partial charge in [0.2, 0.25) is 15.2 Å². The van der Waals surface area contributed by atoms with E-state index in [-0.39, 0.29) is 0 Å². The van der Waals surface area contributed by atoms with Gasteiger partial charge in [0.05, 0.1) is 21.8 Å². The van der Waals surface area contributed by atoms with E-state index in [9.17, 15) is 8.42 Å². The third-order valence-corrected chi connectivity index (χ3v) is 8.41. The molecule has 6 nitrogen and oxygen atoms in total. The third-order valence-electron chi connectivity index (χ3n) is 5.18. The summed E-state index contributed by atoms with van der Waals surface area (Å²) in [6.45, 7) is 1.18. The number of hydrazone groups is 1. The number of benzene rings is 2. The van der Waals surface area contributed by atoms with Crippen molar-refractivity contribution in [2.24, 2.45) is 5.10 Å². The molecule has 0 aliphatic carbocycles. The summed E-state index contributed by atoms with van der Waals surface area (Å²) in [6, 6.07) is 12.1. The molecule has 4 rings (SSSR count). The second-order valence-corrected chi connectivity index (χ2v) is 11.1. The summed E-state index contributed by atoms with van der Waals surface area (Å²) in [5.41, 5.74) is 5.22. The Morgan fingerprint density at radius 3 is 2.44 bits per heavy atom. The number of thiazole rings is 1. The number of nitrogens with zero attached hydrogens (tertiary/aromatic N) is 3. The fraction of sp³-hybridized carbons (Fsp3) is 0.273. The van der Waals surface area contributed by atoms with Crippen molar-refractivity contribution in [3.63, 3.8) is 0 Å². The van der Waals surface area contributed by atoms with Crippen molar-refractivity contribution in [1.82, 2.24) is 9.29 Å². The van der Waals surface area contributed by atoms with E-state index >= 15 is 0 Å². The Bertz CT molecular complexity index is 1200. The van der Waals surface area contributed by atoms with Gasteiger partial charge >= 0.3 is 0 Å². The number of halogens is 2. The Kier molecular flexibility index (Phi) is 7.48. The quantitative estimate of drug-likeness (QED) is 0.321. The molecule has 168 valence electrons. The Morgan fingerprint density at radius 1 is 1.03 bits per heavy atom. The van der Waals surface area contributed by atoms with E-state index in [0.29, 0.717) is 33.2 Å². The zero-order valence-corrected chi connectivity index (χ0v) is 20.3. The van der Waals surface area contributed by atoms with Crippen LogP contribution >= 0.6 is 34.5 Å². The maximum absolute atomic E-state index is 12.9. The number of anilines is 1. The second-order valence-electron chi connectivity index (χ2n) is 7.42. The number of rotatable bonds is 6. The molecule has 0 saturated carbocycles. The summed E-state index contributed by atoms with van der Waals surface area (Å²) in [6.07, 6.45) is 5.60. The van der Waals surface area contributed by atoms with Crippen LogP contribution in [0.4, 0.5) is 5.13 Å². The molecule has 0 radical (unpaired) electrons. The summed E-state index contributed by atoms with van der Waals surface area (Å²) in [5.74, 6) is 0. The molecule has 1 aliphatic rings. The minimum Gasteiger partial charge on any atom is -0.253 e. The molecular weight excluding hydrogens is 487 g/mol. The summed E-state index contributed by atoms with van der Waals surface area (Å²) in [5, 5.41) is 7.76. The van der Waals surface area contributed by atoms with Crippen molar-refractivity contribution in [2.45, 2.75) is 30.6 Å². The van der Waals surface area contributed by atoms with Crippen LogP contribution in [0.5, 0.6) is 0 Å². The smallest absolute Gasteiger partial charge is 0.243 e. The van der Waals surface area contributed by atoms with Crippen LogP contribution in [-0.2, 0) is 10.0 Å². The van der Waals surface area contributed by atoms with Gasteiger partial charge in [0, 0.05) is 34.6 Å². The molecule has 0 spiro atoms. The van der Waals surface area contributed by atoms with Crippen LogP contribution in [-0.4, -0.2) is 37.0 Å². The number of hydrogen-bond acceptors (Lipinski definition) is 6. The monoisotopic (exact) mass is 508 g/mol. The van der Waals surface area contributed by atoms with Crippen LogP contribution < -0.4 is 5.43 Å². The second kappa shape index (κ2) is 10.3. The highest BCUT2D eigenvalue weighted by Crippen LogP contribution is 2.27. The van der Waals surface area contributed by atoms with Crippen molar-refractivity contribution in [3.8, 4) is 11.3 Å². The molecule has 2 aromatic carbocycles. The molecule has 0 bridgehead atoms. The Hall–Kier alpha value is -1.97. The van der Waals surface area contributed by atoms with E-state index in [1.807, 2.05) is 5.38 Å². The summed E-state index contributed by atoms with van der Waals surface area (Å²) >= 11 is 13.4. The highest BCUT2D eigenvalue weighted by molar-refractivity contribution is 7.89. The average Bonchev–Trinajstić information content (AvgIpc) is 3.07. The van der Waals surface area contributed by atoms with E-state index in [0.717, 1.165) is 42.5 Å². The number of sulfonamides is 1. The highest BCUT2D eigenvalue weighted by atomic mass is 35.5.